The number of rotatable bonds is 2. The zero-order valence-corrected chi connectivity index (χ0v) is 16.2. The Balaban J connectivity index is 1.72. The van der Waals surface area contributed by atoms with Crippen molar-refractivity contribution in [1.82, 2.24) is 10.1 Å². The maximum absolute atomic E-state index is 14.3. The number of hydrogen-bond donors (Lipinski definition) is 1. The number of nitrogens with one attached hydrogen (secondary N) is 1. The van der Waals surface area contributed by atoms with Crippen molar-refractivity contribution < 1.29 is 26.9 Å². The molecule has 0 saturated carbocycles. The smallest absolute Gasteiger partial charge is 0.359 e. The Morgan fingerprint density at radius 1 is 1.34 bits per heavy atom. The predicted octanol–water partition coefficient (Wildman–Crippen LogP) is 5.41. The number of halogens is 4. The second kappa shape index (κ2) is 7.88. The Labute approximate surface area is 165 Å². The molecule has 1 atom stereocenters. The van der Waals surface area contributed by atoms with Crippen LogP contribution in [0.3, 0.4) is 0 Å². The minimum Gasteiger partial charge on any atom is -0.359 e. The predicted molar refractivity (Wildman–Crippen MR) is 99.7 cm³/mol. The van der Waals surface area contributed by atoms with E-state index in [2.05, 4.69) is 10.5 Å². The Morgan fingerprint density at radius 3 is 2.66 bits per heavy atom. The topological polar surface area (TPSA) is 58.4 Å². The van der Waals surface area contributed by atoms with E-state index in [0.29, 0.717) is 31.1 Å². The number of carbonyl (C=O) groups excluding carboxylic acids is 1. The van der Waals surface area contributed by atoms with Crippen LogP contribution < -0.4 is 5.32 Å². The number of alkyl halides is 3. The van der Waals surface area contributed by atoms with Crippen molar-refractivity contribution in [1.29, 1.82) is 0 Å². The highest BCUT2D eigenvalue weighted by Crippen LogP contribution is 2.34. The number of aryl methyl sites for hydroxylation is 1. The minimum absolute atomic E-state index is 0.103. The third kappa shape index (κ3) is 4.44. The summed E-state index contributed by atoms with van der Waals surface area (Å²) in [5, 5.41) is 6.50. The number of piperidine rings is 1. The van der Waals surface area contributed by atoms with E-state index in [9.17, 15) is 22.4 Å². The van der Waals surface area contributed by atoms with E-state index in [4.69, 9.17) is 4.52 Å². The molecule has 1 fully saturated rings. The minimum atomic E-state index is -4.75. The lowest BCUT2D eigenvalue weighted by Gasteiger charge is -2.33. The molecule has 1 saturated heterocycles. The van der Waals surface area contributed by atoms with Gasteiger partial charge in [0.15, 0.2) is 5.82 Å². The van der Waals surface area contributed by atoms with Gasteiger partial charge in [-0.3, -0.25) is 5.32 Å². The third-order valence-corrected chi connectivity index (χ3v) is 5.14. The normalized spacial score (nSPS) is 18.9. The lowest BCUT2D eigenvalue weighted by molar-refractivity contribution is -0.140. The van der Waals surface area contributed by atoms with Gasteiger partial charge in [-0.1, -0.05) is 35.9 Å². The van der Waals surface area contributed by atoms with E-state index in [1.54, 1.807) is 18.7 Å². The van der Waals surface area contributed by atoms with Gasteiger partial charge in [0.25, 0.3) is 0 Å². The van der Waals surface area contributed by atoms with Gasteiger partial charge in [-0.25, -0.2) is 9.18 Å². The summed E-state index contributed by atoms with van der Waals surface area (Å²) in [5.74, 6) is -0.450. The number of amides is 2. The lowest BCUT2D eigenvalue weighted by Crippen LogP contribution is -2.42. The average Bonchev–Trinajstić information content (AvgIpc) is 2.96. The molecule has 0 bridgehead atoms. The first kappa shape index (κ1) is 20.9. The molecule has 1 aromatic heterocycles. The Hall–Kier alpha value is -2.84. The molecule has 9 heteroatoms. The highest BCUT2D eigenvalue weighted by atomic mass is 19.4. The van der Waals surface area contributed by atoms with Crippen LogP contribution in [0, 0.1) is 25.6 Å². The van der Waals surface area contributed by atoms with E-state index in [1.807, 2.05) is 6.92 Å². The number of aromatic nitrogens is 1. The molecule has 156 valence electrons. The highest BCUT2D eigenvalue weighted by molar-refractivity contribution is 5.89. The molecular formula is C20H21F4N3O2. The zero-order chi connectivity index (χ0) is 21.3. The van der Waals surface area contributed by atoms with Gasteiger partial charge in [0.1, 0.15) is 11.6 Å². The van der Waals surface area contributed by atoms with Gasteiger partial charge < -0.3 is 9.42 Å². The van der Waals surface area contributed by atoms with Crippen LogP contribution in [0.4, 0.5) is 28.2 Å². The number of hydrogen-bond acceptors (Lipinski definition) is 3. The molecule has 1 unspecified atom stereocenters. The molecule has 5 nitrogen and oxygen atoms in total. The summed E-state index contributed by atoms with van der Waals surface area (Å²) in [5.41, 5.74) is 0.146. The summed E-state index contributed by atoms with van der Waals surface area (Å²) in [6.45, 7) is 6.09. The second-order valence-corrected chi connectivity index (χ2v) is 7.17. The van der Waals surface area contributed by atoms with Gasteiger partial charge in [0.05, 0.1) is 5.56 Å². The van der Waals surface area contributed by atoms with Crippen LogP contribution in [0.5, 0.6) is 0 Å². The van der Waals surface area contributed by atoms with Crippen LogP contribution in [0.1, 0.15) is 35.8 Å². The van der Waals surface area contributed by atoms with E-state index < -0.39 is 17.6 Å². The van der Waals surface area contributed by atoms with E-state index in [0.717, 1.165) is 17.2 Å². The van der Waals surface area contributed by atoms with Crippen LogP contribution in [0.25, 0.3) is 6.08 Å². The molecule has 0 aliphatic carbocycles. The summed E-state index contributed by atoms with van der Waals surface area (Å²) < 4.78 is 58.0. The zero-order valence-electron chi connectivity index (χ0n) is 16.2. The Kier molecular flexibility index (Phi) is 5.68. The molecule has 1 aliphatic heterocycles. The molecule has 1 N–H and O–H groups in total. The molecule has 2 heterocycles. The van der Waals surface area contributed by atoms with Crippen molar-refractivity contribution in [3.63, 3.8) is 0 Å². The Morgan fingerprint density at radius 2 is 2.07 bits per heavy atom. The van der Waals surface area contributed by atoms with Crippen molar-refractivity contribution in [3.05, 3.63) is 52.0 Å². The summed E-state index contributed by atoms with van der Waals surface area (Å²) in [6.07, 6.45) is -2.86. The fraction of sp³-hybridized carbons (Fsp3) is 0.400. The molecular weight excluding hydrogens is 390 g/mol. The lowest BCUT2D eigenvalue weighted by atomic mass is 9.91. The standard InChI is InChI=1S/C20H21F4N3O2/c1-11-10-27(19(28)25-18-12(2)13(3)29-26-18)8-7-14(11)9-15-5-4-6-16(17(15)21)20(22,23)24/h4-6,9,11H,7-8,10H2,1-3H3,(H,25,26,28)/b14-9+. The summed E-state index contributed by atoms with van der Waals surface area (Å²) in [6, 6.07) is 2.89. The van der Waals surface area contributed by atoms with Crippen LogP contribution in [0.15, 0.2) is 28.3 Å². The van der Waals surface area contributed by atoms with Crippen molar-refractivity contribution >= 4 is 17.9 Å². The highest BCUT2D eigenvalue weighted by Gasteiger charge is 2.35. The van der Waals surface area contributed by atoms with Crippen LogP contribution in [-0.4, -0.2) is 29.2 Å². The van der Waals surface area contributed by atoms with Crippen LogP contribution in [0.2, 0.25) is 0 Å². The fourth-order valence-corrected chi connectivity index (χ4v) is 3.24. The first-order chi connectivity index (χ1) is 13.6. The fourth-order valence-electron chi connectivity index (χ4n) is 3.24. The van der Waals surface area contributed by atoms with Crippen LogP contribution in [-0.2, 0) is 6.18 Å². The van der Waals surface area contributed by atoms with Gasteiger partial charge in [-0.05, 0) is 32.3 Å². The quantitative estimate of drug-likeness (QED) is 0.673. The van der Waals surface area contributed by atoms with Gasteiger partial charge in [0.2, 0.25) is 0 Å². The first-order valence-electron chi connectivity index (χ1n) is 9.13. The number of benzene rings is 1. The van der Waals surface area contributed by atoms with Crippen LogP contribution >= 0.6 is 0 Å². The van der Waals surface area contributed by atoms with Crippen molar-refractivity contribution in [3.8, 4) is 0 Å². The van der Waals surface area contributed by atoms with Gasteiger partial charge in [0, 0.05) is 24.2 Å². The van der Waals surface area contributed by atoms with E-state index >= 15 is 0 Å². The van der Waals surface area contributed by atoms with Gasteiger partial charge in [-0.2, -0.15) is 13.2 Å². The average molecular weight is 411 g/mol. The second-order valence-electron chi connectivity index (χ2n) is 7.17. The van der Waals surface area contributed by atoms with Crippen molar-refractivity contribution in [2.45, 2.75) is 33.4 Å². The van der Waals surface area contributed by atoms with E-state index in [-0.39, 0.29) is 17.5 Å². The summed E-state index contributed by atoms with van der Waals surface area (Å²) in [7, 11) is 0. The molecule has 2 amide bonds. The summed E-state index contributed by atoms with van der Waals surface area (Å²) in [4.78, 5) is 14.1. The largest absolute Gasteiger partial charge is 0.419 e. The molecule has 1 aliphatic rings. The number of nitrogens with zero attached hydrogens (tertiary/aromatic N) is 2. The third-order valence-electron chi connectivity index (χ3n) is 5.14. The SMILES string of the molecule is Cc1onc(NC(=O)N2CC/C(=C\c3cccc(C(F)(F)F)c3F)C(C)C2)c1C. The number of urea groups is 1. The molecule has 3 rings (SSSR count). The molecule has 0 radical (unpaired) electrons. The van der Waals surface area contributed by atoms with Crippen molar-refractivity contribution in [2.75, 3.05) is 18.4 Å². The molecule has 0 spiro atoms. The molecule has 2 aromatic rings. The molecule has 29 heavy (non-hydrogen) atoms. The maximum atomic E-state index is 14.3. The first-order valence-corrected chi connectivity index (χ1v) is 9.13. The van der Waals surface area contributed by atoms with E-state index in [1.165, 1.54) is 18.2 Å². The molecule has 1 aromatic carbocycles. The monoisotopic (exact) mass is 411 g/mol. The van der Waals surface area contributed by atoms with Crippen molar-refractivity contribution in [2.24, 2.45) is 5.92 Å². The maximum Gasteiger partial charge on any atom is 0.419 e. The number of carbonyl (C=O) groups is 1. The van der Waals surface area contributed by atoms with Gasteiger partial charge in [-0.15, -0.1) is 0 Å². The Bertz CT molecular complexity index is 950. The number of likely N-dealkylation sites (tertiary alicyclic amines) is 1. The number of anilines is 1. The summed E-state index contributed by atoms with van der Waals surface area (Å²) >= 11 is 0. The van der Waals surface area contributed by atoms with Gasteiger partial charge >= 0.3 is 12.2 Å².